The van der Waals surface area contributed by atoms with Gasteiger partial charge in [-0.1, -0.05) is 0 Å². The van der Waals surface area contributed by atoms with Crippen LogP contribution in [-0.4, -0.2) is 37.8 Å². The topological polar surface area (TPSA) is 68.4 Å². The van der Waals surface area contributed by atoms with Crippen LogP contribution in [0.4, 0.5) is 0 Å². The summed E-state index contributed by atoms with van der Waals surface area (Å²) in [6.45, 7) is 0.886. The number of ether oxygens (including phenoxy) is 3. The van der Waals surface area contributed by atoms with Gasteiger partial charge >= 0.3 is 0 Å². The first-order valence-corrected chi connectivity index (χ1v) is 6.84. The summed E-state index contributed by atoms with van der Waals surface area (Å²) in [6.07, 6.45) is 2.68. The van der Waals surface area contributed by atoms with Crippen LogP contribution in [0.15, 0.2) is 18.5 Å². The number of H-pyrrole nitrogens is 1. The molecule has 23 heavy (non-hydrogen) atoms. The summed E-state index contributed by atoms with van der Waals surface area (Å²) < 4.78 is 16.4. The smallest absolute Gasteiger partial charge is 0.203 e. The molecular weight excluding hydrogens is 341 g/mol. The molecule has 0 saturated heterocycles. The van der Waals surface area contributed by atoms with Gasteiger partial charge < -0.3 is 24.5 Å². The molecule has 0 saturated carbocycles. The average Bonchev–Trinajstić information content (AvgIpc) is 3.01. The summed E-state index contributed by atoms with van der Waals surface area (Å²) in [5.74, 6) is 1.92. The van der Waals surface area contributed by atoms with E-state index in [0.29, 0.717) is 17.2 Å². The zero-order chi connectivity index (χ0) is 14.8. The normalized spacial score (nSPS) is 15.7. The van der Waals surface area contributed by atoms with E-state index in [-0.39, 0.29) is 30.9 Å². The fraction of sp³-hybridized carbons (Fsp3) is 0.400. The Bertz CT molecular complexity index is 649. The minimum atomic E-state index is -0.0187. The van der Waals surface area contributed by atoms with Crippen LogP contribution in [-0.2, 0) is 6.42 Å². The minimum absolute atomic E-state index is 0. The second-order valence-electron chi connectivity index (χ2n) is 4.83. The Morgan fingerprint density at radius 3 is 2.43 bits per heavy atom. The molecule has 6 nitrogen and oxygen atoms in total. The standard InChI is InChI=1S/C15H19N3O3.2ClH/c1-19-11-5-4-9(14(20-2)15(11)21-3)12-13-10(6-7-16-12)17-8-18-13;;/h4-5,8,12,16H,6-7H2,1-3H3,(H,17,18);2*1H. The van der Waals surface area contributed by atoms with Crippen molar-refractivity contribution in [1.29, 1.82) is 0 Å². The summed E-state index contributed by atoms with van der Waals surface area (Å²) in [6, 6.07) is 3.86. The number of aromatic nitrogens is 2. The van der Waals surface area contributed by atoms with E-state index in [4.69, 9.17) is 14.2 Å². The number of fused-ring (bicyclic) bond motifs is 1. The Hall–Kier alpha value is -1.63. The quantitative estimate of drug-likeness (QED) is 0.875. The minimum Gasteiger partial charge on any atom is -0.493 e. The predicted octanol–water partition coefficient (Wildman–Crippen LogP) is 2.51. The highest BCUT2D eigenvalue weighted by molar-refractivity contribution is 5.85. The molecular formula is C15H21Cl2N3O3. The first-order valence-electron chi connectivity index (χ1n) is 6.84. The number of nitrogens with zero attached hydrogens (tertiary/aromatic N) is 1. The van der Waals surface area contributed by atoms with Crippen molar-refractivity contribution < 1.29 is 14.2 Å². The fourth-order valence-electron chi connectivity index (χ4n) is 2.83. The predicted molar refractivity (Wildman–Crippen MR) is 92.7 cm³/mol. The van der Waals surface area contributed by atoms with Gasteiger partial charge in [-0.15, -0.1) is 24.8 Å². The van der Waals surface area contributed by atoms with Crippen molar-refractivity contribution in [3.63, 3.8) is 0 Å². The molecule has 3 rings (SSSR count). The second-order valence-corrected chi connectivity index (χ2v) is 4.83. The van der Waals surface area contributed by atoms with Crippen LogP contribution < -0.4 is 19.5 Å². The first kappa shape index (κ1) is 19.4. The highest BCUT2D eigenvalue weighted by Gasteiger charge is 2.28. The van der Waals surface area contributed by atoms with Crippen molar-refractivity contribution in [3.8, 4) is 17.2 Å². The lowest BCUT2D eigenvalue weighted by molar-refractivity contribution is 0.320. The Kier molecular flexibility index (Phi) is 7.00. The molecule has 1 aliphatic rings. The van der Waals surface area contributed by atoms with Gasteiger partial charge in [0.25, 0.3) is 0 Å². The number of hydrogen-bond acceptors (Lipinski definition) is 5. The van der Waals surface area contributed by atoms with Gasteiger partial charge in [-0.05, 0) is 12.1 Å². The summed E-state index contributed by atoms with van der Waals surface area (Å²) in [5.41, 5.74) is 3.16. The van der Waals surface area contributed by atoms with Gasteiger partial charge in [-0.3, -0.25) is 0 Å². The van der Waals surface area contributed by atoms with Crippen molar-refractivity contribution in [2.75, 3.05) is 27.9 Å². The van der Waals surface area contributed by atoms with Gasteiger partial charge in [0, 0.05) is 24.2 Å². The Morgan fingerprint density at radius 1 is 1.04 bits per heavy atom. The molecule has 0 radical (unpaired) electrons. The van der Waals surface area contributed by atoms with E-state index >= 15 is 0 Å². The van der Waals surface area contributed by atoms with E-state index in [1.165, 1.54) is 0 Å². The lowest BCUT2D eigenvalue weighted by Gasteiger charge is -2.26. The van der Waals surface area contributed by atoms with Crippen LogP contribution >= 0.6 is 24.8 Å². The number of nitrogens with one attached hydrogen (secondary N) is 2. The molecule has 0 spiro atoms. The second kappa shape index (κ2) is 8.29. The van der Waals surface area contributed by atoms with Crippen LogP contribution in [0.3, 0.4) is 0 Å². The number of imidazole rings is 1. The summed E-state index contributed by atoms with van der Waals surface area (Å²) in [7, 11) is 4.86. The Labute approximate surface area is 147 Å². The number of aromatic amines is 1. The molecule has 1 aromatic carbocycles. The molecule has 2 aromatic rings. The van der Waals surface area contributed by atoms with Crippen molar-refractivity contribution in [1.82, 2.24) is 15.3 Å². The summed E-state index contributed by atoms with van der Waals surface area (Å²) >= 11 is 0. The van der Waals surface area contributed by atoms with Gasteiger partial charge in [0.1, 0.15) is 0 Å². The number of methoxy groups -OCH3 is 3. The van der Waals surface area contributed by atoms with Crippen molar-refractivity contribution >= 4 is 24.8 Å². The molecule has 1 atom stereocenters. The largest absolute Gasteiger partial charge is 0.493 e. The maximum atomic E-state index is 5.57. The zero-order valence-electron chi connectivity index (χ0n) is 13.2. The van der Waals surface area contributed by atoms with E-state index in [0.717, 1.165) is 29.9 Å². The number of rotatable bonds is 4. The van der Waals surface area contributed by atoms with Crippen molar-refractivity contribution in [2.45, 2.75) is 12.5 Å². The SMILES string of the molecule is COc1ccc(C2NCCc3[nH]cnc32)c(OC)c1OC.Cl.Cl. The Balaban J connectivity index is 0.00000132. The number of hydrogen-bond donors (Lipinski definition) is 2. The maximum absolute atomic E-state index is 5.57. The maximum Gasteiger partial charge on any atom is 0.203 e. The van der Waals surface area contributed by atoms with Crippen LogP contribution in [0.25, 0.3) is 0 Å². The molecule has 0 fully saturated rings. The molecule has 1 aliphatic heterocycles. The summed E-state index contributed by atoms with van der Waals surface area (Å²) in [4.78, 5) is 7.64. The van der Waals surface area contributed by atoms with Crippen molar-refractivity contribution in [3.05, 3.63) is 35.4 Å². The Morgan fingerprint density at radius 2 is 1.78 bits per heavy atom. The zero-order valence-corrected chi connectivity index (χ0v) is 14.8. The average molecular weight is 362 g/mol. The van der Waals surface area contributed by atoms with Gasteiger partial charge in [-0.25, -0.2) is 4.98 Å². The third-order valence-electron chi connectivity index (χ3n) is 3.79. The van der Waals surface area contributed by atoms with E-state index in [1.54, 1.807) is 27.7 Å². The molecule has 8 heteroatoms. The van der Waals surface area contributed by atoms with E-state index in [9.17, 15) is 0 Å². The van der Waals surface area contributed by atoms with Gasteiger partial charge in [0.05, 0.1) is 39.4 Å². The molecule has 0 aliphatic carbocycles. The van der Waals surface area contributed by atoms with Crippen LogP contribution in [0.5, 0.6) is 17.2 Å². The highest BCUT2D eigenvalue weighted by Crippen LogP contribution is 2.43. The monoisotopic (exact) mass is 361 g/mol. The lowest BCUT2D eigenvalue weighted by atomic mass is 9.96. The van der Waals surface area contributed by atoms with Gasteiger partial charge in [0.15, 0.2) is 11.5 Å². The highest BCUT2D eigenvalue weighted by atomic mass is 35.5. The summed E-state index contributed by atoms with van der Waals surface area (Å²) in [5, 5.41) is 3.48. The van der Waals surface area contributed by atoms with E-state index in [1.807, 2.05) is 12.1 Å². The third kappa shape index (κ3) is 3.34. The van der Waals surface area contributed by atoms with Gasteiger partial charge in [0.2, 0.25) is 5.75 Å². The number of halogens is 2. The van der Waals surface area contributed by atoms with E-state index < -0.39 is 0 Å². The molecule has 2 heterocycles. The molecule has 128 valence electrons. The van der Waals surface area contributed by atoms with Crippen molar-refractivity contribution in [2.24, 2.45) is 0 Å². The molecule has 0 amide bonds. The fourth-order valence-corrected chi connectivity index (χ4v) is 2.83. The van der Waals surface area contributed by atoms with Crippen LogP contribution in [0.1, 0.15) is 23.0 Å². The van der Waals surface area contributed by atoms with Crippen LogP contribution in [0, 0.1) is 0 Å². The number of benzene rings is 1. The molecule has 2 N–H and O–H groups in total. The molecule has 1 aromatic heterocycles. The van der Waals surface area contributed by atoms with Crippen LogP contribution in [0.2, 0.25) is 0 Å². The third-order valence-corrected chi connectivity index (χ3v) is 3.79. The molecule has 1 unspecified atom stereocenters. The lowest BCUT2D eigenvalue weighted by Crippen LogP contribution is -2.31. The van der Waals surface area contributed by atoms with E-state index in [2.05, 4.69) is 15.3 Å². The van der Waals surface area contributed by atoms with Gasteiger partial charge in [-0.2, -0.15) is 0 Å². The molecule has 0 bridgehead atoms. The first-order chi connectivity index (χ1) is 10.3.